The molecule has 70 valence electrons. The van der Waals surface area contributed by atoms with Gasteiger partial charge in [0.15, 0.2) is 5.52 Å². The fraction of sp³-hybridized carbons (Fsp3) is 0. The highest BCUT2D eigenvalue weighted by atomic mass is 14.9. The molecule has 0 amide bonds. The third kappa shape index (κ3) is 1.07. The molecule has 4 heteroatoms. The van der Waals surface area contributed by atoms with Crippen LogP contribution in [0, 0.1) is 6.57 Å². The molecule has 15 heavy (non-hydrogen) atoms. The number of hydrogen-bond acceptors (Lipinski definition) is 2. The van der Waals surface area contributed by atoms with Crippen LogP contribution in [0.1, 0.15) is 0 Å². The second-order valence-corrected chi connectivity index (χ2v) is 3.20. The highest BCUT2D eigenvalue weighted by molar-refractivity contribution is 6.03. The molecule has 0 aliphatic rings. The first kappa shape index (κ1) is 7.94. The number of hydrogen-bond donors (Lipinski definition) is 1. The van der Waals surface area contributed by atoms with Crippen molar-refractivity contribution in [1.82, 2.24) is 15.0 Å². The lowest BCUT2D eigenvalue weighted by molar-refractivity contribution is 1.35. The maximum atomic E-state index is 6.92. The molecule has 0 bridgehead atoms. The average molecular weight is 194 g/mol. The first-order valence-corrected chi connectivity index (χ1v) is 4.49. The Morgan fingerprint density at radius 2 is 2.20 bits per heavy atom. The smallest absolute Gasteiger partial charge is 0.270 e. The van der Waals surface area contributed by atoms with Crippen molar-refractivity contribution in [2.75, 3.05) is 0 Å². The van der Waals surface area contributed by atoms with Gasteiger partial charge in [0.25, 0.3) is 5.82 Å². The molecule has 0 unspecified atom stereocenters. The van der Waals surface area contributed by atoms with Gasteiger partial charge >= 0.3 is 0 Å². The Bertz CT molecular complexity index is 690. The van der Waals surface area contributed by atoms with Crippen LogP contribution < -0.4 is 0 Å². The van der Waals surface area contributed by atoms with E-state index in [-0.39, 0.29) is 0 Å². The molecule has 0 aliphatic heterocycles. The first-order valence-electron chi connectivity index (χ1n) is 4.49. The van der Waals surface area contributed by atoms with Crippen LogP contribution in [0.4, 0.5) is 5.82 Å². The summed E-state index contributed by atoms with van der Waals surface area (Å²) in [6, 6.07) is 7.37. The lowest BCUT2D eigenvalue weighted by atomic mass is 10.3. The van der Waals surface area contributed by atoms with Crippen LogP contribution in [0.3, 0.4) is 0 Å². The molecule has 3 aromatic heterocycles. The lowest BCUT2D eigenvalue weighted by Crippen LogP contribution is -1.74. The second-order valence-electron chi connectivity index (χ2n) is 3.20. The highest BCUT2D eigenvalue weighted by Crippen LogP contribution is 2.23. The predicted molar refractivity (Wildman–Crippen MR) is 57.7 cm³/mol. The summed E-state index contributed by atoms with van der Waals surface area (Å²) in [6.45, 7) is 6.92. The monoisotopic (exact) mass is 194 g/mol. The SMILES string of the molecule is [C-]#[N+]c1ccc2[nH]c3ncccc3c2n1. The van der Waals surface area contributed by atoms with E-state index in [1.54, 1.807) is 12.3 Å². The number of rotatable bonds is 0. The zero-order valence-corrected chi connectivity index (χ0v) is 7.73. The molecule has 0 aromatic carbocycles. The third-order valence-electron chi connectivity index (χ3n) is 2.31. The van der Waals surface area contributed by atoms with Gasteiger partial charge < -0.3 is 9.83 Å². The van der Waals surface area contributed by atoms with Gasteiger partial charge in [0.05, 0.1) is 10.9 Å². The van der Waals surface area contributed by atoms with Crippen molar-refractivity contribution < 1.29 is 0 Å². The molecule has 0 spiro atoms. The fourth-order valence-electron chi connectivity index (χ4n) is 1.64. The molecular weight excluding hydrogens is 188 g/mol. The molecule has 3 heterocycles. The van der Waals surface area contributed by atoms with E-state index in [4.69, 9.17) is 6.57 Å². The first-order chi connectivity index (χ1) is 7.38. The summed E-state index contributed by atoms with van der Waals surface area (Å²) in [6.07, 6.45) is 1.73. The minimum absolute atomic E-state index is 0.409. The molecular formula is C11H6N4. The molecule has 0 atom stereocenters. The van der Waals surface area contributed by atoms with Gasteiger partial charge in [-0.15, -0.1) is 4.98 Å². The Morgan fingerprint density at radius 1 is 1.27 bits per heavy atom. The maximum absolute atomic E-state index is 6.92. The molecule has 3 aromatic rings. The predicted octanol–water partition coefficient (Wildman–Crippen LogP) is 2.66. The van der Waals surface area contributed by atoms with Crippen LogP contribution in [0.2, 0.25) is 0 Å². The van der Waals surface area contributed by atoms with Crippen molar-refractivity contribution in [1.29, 1.82) is 0 Å². The van der Waals surface area contributed by atoms with Gasteiger partial charge in [0.2, 0.25) is 0 Å². The summed E-state index contributed by atoms with van der Waals surface area (Å²) >= 11 is 0. The molecule has 0 saturated heterocycles. The molecule has 0 radical (unpaired) electrons. The normalized spacial score (nSPS) is 10.6. The zero-order chi connectivity index (χ0) is 10.3. The van der Waals surface area contributed by atoms with Crippen molar-refractivity contribution >= 4 is 27.9 Å². The Morgan fingerprint density at radius 3 is 3.07 bits per heavy atom. The van der Waals surface area contributed by atoms with Gasteiger partial charge in [0, 0.05) is 6.20 Å². The van der Waals surface area contributed by atoms with Gasteiger partial charge in [-0.1, -0.05) is 6.57 Å². The second kappa shape index (κ2) is 2.79. The highest BCUT2D eigenvalue weighted by Gasteiger charge is 2.09. The largest absolute Gasteiger partial charge is 0.361 e. The minimum atomic E-state index is 0.409. The standard InChI is InChI=1S/C11H6N4/c1-12-9-5-4-8-10(15-9)7-3-2-6-13-11(7)14-8/h2-6H,(H,13,14). The van der Waals surface area contributed by atoms with Gasteiger partial charge in [-0.2, -0.15) is 0 Å². The summed E-state index contributed by atoms with van der Waals surface area (Å²) < 4.78 is 0. The molecule has 3 rings (SSSR count). The Balaban J connectivity index is 2.53. The van der Waals surface area contributed by atoms with E-state index >= 15 is 0 Å². The number of nitrogens with one attached hydrogen (secondary N) is 1. The number of fused-ring (bicyclic) bond motifs is 3. The van der Waals surface area contributed by atoms with Gasteiger partial charge in [0.1, 0.15) is 5.65 Å². The molecule has 4 nitrogen and oxygen atoms in total. The minimum Gasteiger partial charge on any atom is -0.361 e. The van der Waals surface area contributed by atoms with Crippen LogP contribution in [-0.2, 0) is 0 Å². The average Bonchev–Trinajstić information content (AvgIpc) is 2.66. The quantitative estimate of drug-likeness (QED) is 0.559. The number of nitrogens with zero attached hydrogens (tertiary/aromatic N) is 3. The zero-order valence-electron chi connectivity index (χ0n) is 7.73. The van der Waals surface area contributed by atoms with Crippen LogP contribution >= 0.6 is 0 Å². The summed E-state index contributed by atoms with van der Waals surface area (Å²) in [4.78, 5) is 14.9. The van der Waals surface area contributed by atoms with E-state index in [2.05, 4.69) is 19.8 Å². The fourth-order valence-corrected chi connectivity index (χ4v) is 1.64. The maximum Gasteiger partial charge on any atom is 0.270 e. The number of aromatic amines is 1. The number of H-pyrrole nitrogens is 1. The van der Waals surface area contributed by atoms with Crippen molar-refractivity contribution in [2.24, 2.45) is 0 Å². The van der Waals surface area contributed by atoms with E-state index in [0.29, 0.717) is 5.82 Å². The Labute approximate surface area is 85.4 Å². The van der Waals surface area contributed by atoms with Crippen LogP contribution in [0.15, 0.2) is 30.5 Å². The number of pyridine rings is 2. The van der Waals surface area contributed by atoms with Crippen LogP contribution in [-0.4, -0.2) is 15.0 Å². The summed E-state index contributed by atoms with van der Waals surface area (Å²) in [7, 11) is 0. The van der Waals surface area contributed by atoms with Crippen molar-refractivity contribution in [3.8, 4) is 0 Å². The topological polar surface area (TPSA) is 45.9 Å². The van der Waals surface area contributed by atoms with Gasteiger partial charge in [-0.25, -0.2) is 4.98 Å². The van der Waals surface area contributed by atoms with E-state index in [9.17, 15) is 0 Å². The molecule has 0 fully saturated rings. The van der Waals surface area contributed by atoms with E-state index < -0.39 is 0 Å². The summed E-state index contributed by atoms with van der Waals surface area (Å²) in [5, 5.41) is 0.956. The van der Waals surface area contributed by atoms with Crippen molar-refractivity contribution in [2.45, 2.75) is 0 Å². The summed E-state index contributed by atoms with van der Waals surface area (Å²) in [5.74, 6) is 0.409. The van der Waals surface area contributed by atoms with Crippen molar-refractivity contribution in [3.05, 3.63) is 41.9 Å². The van der Waals surface area contributed by atoms with Crippen molar-refractivity contribution in [3.63, 3.8) is 0 Å². The number of aromatic nitrogens is 3. The molecule has 0 saturated carbocycles. The van der Waals surface area contributed by atoms with E-state index in [1.165, 1.54) is 0 Å². The van der Waals surface area contributed by atoms with E-state index in [1.807, 2.05) is 18.2 Å². The van der Waals surface area contributed by atoms with Gasteiger partial charge in [-0.3, -0.25) is 0 Å². The van der Waals surface area contributed by atoms with Gasteiger partial charge in [-0.05, 0) is 24.3 Å². The Kier molecular flexibility index (Phi) is 1.48. The lowest BCUT2D eigenvalue weighted by Gasteiger charge is -1.87. The third-order valence-corrected chi connectivity index (χ3v) is 2.31. The Hall–Kier alpha value is -2.41. The molecule has 0 aliphatic carbocycles. The van der Waals surface area contributed by atoms with Crippen LogP contribution in [0.5, 0.6) is 0 Å². The summed E-state index contributed by atoms with van der Waals surface area (Å²) in [5.41, 5.74) is 2.53. The van der Waals surface area contributed by atoms with Crippen LogP contribution in [0.25, 0.3) is 26.9 Å². The van der Waals surface area contributed by atoms with E-state index in [0.717, 1.165) is 22.1 Å². The molecule has 1 N–H and O–H groups in total.